The van der Waals surface area contributed by atoms with Crippen LogP contribution in [-0.4, -0.2) is 39.5 Å². The van der Waals surface area contributed by atoms with E-state index in [0.717, 1.165) is 52.3 Å². The number of benzene rings is 2. The summed E-state index contributed by atoms with van der Waals surface area (Å²) < 4.78 is 22.3. The van der Waals surface area contributed by atoms with Crippen molar-refractivity contribution in [3.63, 3.8) is 0 Å². The van der Waals surface area contributed by atoms with Crippen LogP contribution in [0.15, 0.2) is 49.1 Å². The number of carbonyl (C=O) groups is 1. The molecular formula is C22H24O5. The minimum atomic E-state index is -0.449. The normalized spacial score (nSPS) is 12.5. The van der Waals surface area contributed by atoms with Crippen molar-refractivity contribution in [1.82, 2.24) is 0 Å². The van der Waals surface area contributed by atoms with Crippen molar-refractivity contribution in [1.29, 1.82) is 0 Å². The van der Waals surface area contributed by atoms with Crippen LogP contribution < -0.4 is 9.47 Å². The second kappa shape index (κ2) is 9.24. The second-order valence-electron chi connectivity index (χ2n) is 6.10. The number of methoxy groups -OCH3 is 1. The van der Waals surface area contributed by atoms with Crippen LogP contribution in [0.3, 0.4) is 0 Å². The summed E-state index contributed by atoms with van der Waals surface area (Å²) in [5.74, 6) is 1.28. The van der Waals surface area contributed by atoms with Crippen LogP contribution in [0.2, 0.25) is 0 Å². The third kappa shape index (κ3) is 4.31. The highest BCUT2D eigenvalue weighted by Crippen LogP contribution is 2.43. The molecule has 27 heavy (non-hydrogen) atoms. The first-order valence-corrected chi connectivity index (χ1v) is 9.01. The molecule has 0 bridgehead atoms. The van der Waals surface area contributed by atoms with E-state index in [1.165, 1.54) is 0 Å². The third-order valence-electron chi connectivity index (χ3n) is 4.41. The Balaban J connectivity index is 1.94. The summed E-state index contributed by atoms with van der Waals surface area (Å²) in [6.45, 7) is 4.88. The molecule has 2 aromatic rings. The lowest BCUT2D eigenvalue weighted by molar-refractivity contribution is -0.138. The lowest BCUT2D eigenvalue weighted by Gasteiger charge is -2.23. The first-order valence-electron chi connectivity index (χ1n) is 9.01. The Kier molecular flexibility index (Phi) is 6.49. The summed E-state index contributed by atoms with van der Waals surface area (Å²) in [6, 6.07) is 8.05. The van der Waals surface area contributed by atoms with Crippen LogP contribution in [0.1, 0.15) is 11.1 Å². The van der Waals surface area contributed by atoms with E-state index in [1.807, 2.05) is 24.3 Å². The van der Waals surface area contributed by atoms with Crippen LogP contribution >= 0.6 is 0 Å². The van der Waals surface area contributed by atoms with E-state index < -0.39 is 5.97 Å². The van der Waals surface area contributed by atoms with Crippen molar-refractivity contribution >= 4 is 16.7 Å². The molecule has 0 N–H and O–H groups in total. The molecule has 0 aliphatic heterocycles. The lowest BCUT2D eigenvalue weighted by atomic mass is 9.90. The predicted octanol–water partition coefficient (Wildman–Crippen LogP) is 3.63. The van der Waals surface area contributed by atoms with Gasteiger partial charge in [0.15, 0.2) is 0 Å². The first-order chi connectivity index (χ1) is 13.3. The molecule has 1 aliphatic rings. The number of carbonyl (C=O) groups excluding carboxylic acids is 1. The molecule has 3 rings (SSSR count). The Morgan fingerprint density at radius 2 is 1.52 bits per heavy atom. The predicted molar refractivity (Wildman–Crippen MR) is 105 cm³/mol. The summed E-state index contributed by atoms with van der Waals surface area (Å²) in [6.07, 6.45) is 7.01. The van der Waals surface area contributed by atoms with E-state index in [1.54, 1.807) is 7.11 Å². The van der Waals surface area contributed by atoms with Crippen molar-refractivity contribution < 1.29 is 23.7 Å². The molecule has 5 nitrogen and oxygen atoms in total. The molecule has 0 amide bonds. The number of hydrogen-bond acceptors (Lipinski definition) is 5. The zero-order valence-corrected chi connectivity index (χ0v) is 15.5. The molecule has 0 heterocycles. The summed E-state index contributed by atoms with van der Waals surface area (Å²) in [4.78, 5) is 11.2. The molecule has 2 aromatic carbocycles. The van der Waals surface area contributed by atoms with Gasteiger partial charge in [0.2, 0.25) is 0 Å². The highest BCUT2D eigenvalue weighted by molar-refractivity contribution is 5.96. The standard InChI is InChI=1S/C22H24O5/c1-3-20(23)25-14-15-27-22-18-10-6-4-8-16(18)21(26-13-12-24-2)17-9-5-7-11-19(17)22/h3-8,10H,1,9,11-15H2,2H3. The molecule has 0 radical (unpaired) electrons. The Labute approximate surface area is 159 Å². The van der Waals surface area contributed by atoms with Gasteiger partial charge in [-0.05, 0) is 12.8 Å². The van der Waals surface area contributed by atoms with Gasteiger partial charge in [0, 0.05) is 35.1 Å². The van der Waals surface area contributed by atoms with Gasteiger partial charge in [-0.25, -0.2) is 4.79 Å². The largest absolute Gasteiger partial charge is 0.490 e. The second-order valence-corrected chi connectivity index (χ2v) is 6.10. The van der Waals surface area contributed by atoms with Crippen LogP contribution in [0.4, 0.5) is 0 Å². The molecule has 0 aromatic heterocycles. The summed E-state index contributed by atoms with van der Waals surface area (Å²) in [7, 11) is 1.66. The highest BCUT2D eigenvalue weighted by atomic mass is 16.6. The van der Waals surface area contributed by atoms with Crippen molar-refractivity contribution in [3.05, 3.63) is 60.2 Å². The minimum absolute atomic E-state index is 0.176. The Hall–Kier alpha value is -2.79. The number of rotatable bonds is 9. The summed E-state index contributed by atoms with van der Waals surface area (Å²) in [5.41, 5.74) is 2.27. The third-order valence-corrected chi connectivity index (χ3v) is 4.41. The maximum Gasteiger partial charge on any atom is 0.330 e. The fourth-order valence-corrected chi connectivity index (χ4v) is 3.21. The van der Waals surface area contributed by atoms with Crippen molar-refractivity contribution in [2.24, 2.45) is 0 Å². The zero-order valence-electron chi connectivity index (χ0n) is 15.5. The maximum absolute atomic E-state index is 11.2. The Morgan fingerprint density at radius 1 is 0.963 bits per heavy atom. The Morgan fingerprint density at radius 3 is 2.04 bits per heavy atom. The molecule has 5 heteroatoms. The minimum Gasteiger partial charge on any atom is -0.490 e. The number of fused-ring (bicyclic) bond motifs is 2. The molecule has 0 spiro atoms. The SMILES string of the molecule is C=CC(=O)OCCOc1c2c(c(OCCOC)c3ccccc13)CC=CC2. The summed E-state index contributed by atoms with van der Waals surface area (Å²) >= 11 is 0. The molecule has 0 atom stereocenters. The van der Waals surface area contributed by atoms with Gasteiger partial charge >= 0.3 is 5.97 Å². The molecule has 142 valence electrons. The van der Waals surface area contributed by atoms with E-state index in [0.29, 0.717) is 13.2 Å². The van der Waals surface area contributed by atoms with Crippen LogP contribution in [-0.2, 0) is 27.1 Å². The quantitative estimate of drug-likeness (QED) is 0.293. The first kappa shape index (κ1) is 19.0. The van der Waals surface area contributed by atoms with E-state index >= 15 is 0 Å². The average Bonchev–Trinajstić information content (AvgIpc) is 2.72. The van der Waals surface area contributed by atoms with Crippen molar-refractivity contribution in [2.45, 2.75) is 12.8 Å². The van der Waals surface area contributed by atoms with Gasteiger partial charge in [-0.1, -0.05) is 43.0 Å². The highest BCUT2D eigenvalue weighted by Gasteiger charge is 2.22. The smallest absolute Gasteiger partial charge is 0.330 e. The van der Waals surface area contributed by atoms with Gasteiger partial charge < -0.3 is 18.9 Å². The van der Waals surface area contributed by atoms with Crippen molar-refractivity contribution in [3.8, 4) is 11.5 Å². The molecule has 0 saturated heterocycles. The summed E-state index contributed by atoms with van der Waals surface area (Å²) in [5, 5.41) is 2.01. The van der Waals surface area contributed by atoms with E-state index in [4.69, 9.17) is 18.9 Å². The lowest BCUT2D eigenvalue weighted by Crippen LogP contribution is -2.14. The maximum atomic E-state index is 11.2. The number of allylic oxidation sites excluding steroid dienone is 2. The molecular weight excluding hydrogens is 344 g/mol. The fourth-order valence-electron chi connectivity index (χ4n) is 3.21. The molecule has 0 saturated carbocycles. The molecule has 0 unspecified atom stereocenters. The van der Waals surface area contributed by atoms with Gasteiger partial charge in [-0.2, -0.15) is 0 Å². The van der Waals surface area contributed by atoms with Crippen LogP contribution in [0, 0.1) is 0 Å². The topological polar surface area (TPSA) is 54.0 Å². The van der Waals surface area contributed by atoms with Gasteiger partial charge in [0.25, 0.3) is 0 Å². The number of esters is 1. The zero-order chi connectivity index (χ0) is 19.1. The molecule has 0 fully saturated rings. The average molecular weight is 368 g/mol. The van der Waals surface area contributed by atoms with Gasteiger partial charge in [-0.3, -0.25) is 0 Å². The monoisotopic (exact) mass is 368 g/mol. The van der Waals surface area contributed by atoms with E-state index in [2.05, 4.69) is 18.7 Å². The van der Waals surface area contributed by atoms with E-state index in [-0.39, 0.29) is 13.2 Å². The fraction of sp³-hybridized carbons (Fsp3) is 0.318. The van der Waals surface area contributed by atoms with Gasteiger partial charge in [0.1, 0.15) is 31.3 Å². The van der Waals surface area contributed by atoms with E-state index in [9.17, 15) is 4.79 Å². The van der Waals surface area contributed by atoms with Crippen LogP contribution in [0.25, 0.3) is 10.8 Å². The van der Waals surface area contributed by atoms with Gasteiger partial charge in [-0.15, -0.1) is 0 Å². The Bertz CT molecular complexity index is 853. The van der Waals surface area contributed by atoms with Crippen LogP contribution in [0.5, 0.6) is 11.5 Å². The van der Waals surface area contributed by atoms with Crippen molar-refractivity contribution in [2.75, 3.05) is 33.5 Å². The number of hydrogen-bond donors (Lipinski definition) is 0. The molecule has 1 aliphatic carbocycles. The number of ether oxygens (including phenoxy) is 4. The van der Waals surface area contributed by atoms with Gasteiger partial charge in [0.05, 0.1) is 6.61 Å².